The van der Waals surface area contributed by atoms with Gasteiger partial charge < -0.3 is 24.8 Å². The van der Waals surface area contributed by atoms with E-state index in [1.807, 2.05) is 0 Å². The molecule has 2 rings (SSSR count). The molecule has 2 aromatic carbocycles. The summed E-state index contributed by atoms with van der Waals surface area (Å²) in [6.07, 6.45) is 0. The molecule has 0 radical (unpaired) electrons. The predicted octanol–water partition coefficient (Wildman–Crippen LogP) is 2.17. The Morgan fingerprint density at radius 3 is 2.40 bits per heavy atom. The van der Waals surface area contributed by atoms with Crippen molar-refractivity contribution in [3.63, 3.8) is 0 Å². The minimum atomic E-state index is -0.805. The smallest absolute Gasteiger partial charge is 0.338 e. The highest BCUT2D eigenvalue weighted by molar-refractivity contribution is 6.32. The van der Waals surface area contributed by atoms with Crippen LogP contribution in [0.25, 0.3) is 0 Å². The van der Waals surface area contributed by atoms with Gasteiger partial charge in [-0.1, -0.05) is 23.7 Å². The molecule has 0 saturated carbocycles. The number of hydrogen-bond donors (Lipinski definition) is 1. The number of benzene rings is 2. The maximum absolute atomic E-state index is 13.0. The number of rotatable bonds is 9. The molecule has 2 amide bonds. The van der Waals surface area contributed by atoms with Gasteiger partial charge in [0.2, 0.25) is 0 Å². The van der Waals surface area contributed by atoms with E-state index in [9.17, 15) is 18.8 Å². The van der Waals surface area contributed by atoms with E-state index in [1.54, 1.807) is 12.1 Å². The van der Waals surface area contributed by atoms with E-state index in [0.29, 0.717) is 0 Å². The third-order valence-corrected chi connectivity index (χ3v) is 4.19. The molecule has 0 aliphatic rings. The molecule has 0 unspecified atom stereocenters. The van der Waals surface area contributed by atoms with Gasteiger partial charge in [0.05, 0.1) is 17.7 Å². The Morgan fingerprint density at radius 2 is 1.80 bits per heavy atom. The van der Waals surface area contributed by atoms with E-state index in [-0.39, 0.29) is 34.4 Å². The molecule has 10 heteroatoms. The summed E-state index contributed by atoms with van der Waals surface area (Å²) in [7, 11) is 2.86. The van der Waals surface area contributed by atoms with Crippen LogP contribution in [0, 0.1) is 5.82 Å². The summed E-state index contributed by atoms with van der Waals surface area (Å²) in [5.41, 5.74) is 5.78. The van der Waals surface area contributed by atoms with Gasteiger partial charge in [-0.15, -0.1) is 0 Å². The van der Waals surface area contributed by atoms with Crippen LogP contribution in [0.1, 0.15) is 15.9 Å². The summed E-state index contributed by atoms with van der Waals surface area (Å²) in [4.78, 5) is 36.7. The molecule has 160 valence electrons. The van der Waals surface area contributed by atoms with E-state index in [4.69, 9.17) is 31.5 Å². The van der Waals surface area contributed by atoms with Crippen LogP contribution < -0.4 is 15.2 Å². The number of ether oxygens (including phenoxy) is 3. The number of amides is 2. The molecule has 0 aliphatic carbocycles. The van der Waals surface area contributed by atoms with Gasteiger partial charge in [0.15, 0.2) is 24.7 Å². The lowest BCUT2D eigenvalue weighted by atomic mass is 10.2. The Kier molecular flexibility index (Phi) is 7.99. The molecule has 2 N–H and O–H groups in total. The Morgan fingerprint density at radius 1 is 1.13 bits per heavy atom. The quantitative estimate of drug-likeness (QED) is 0.601. The van der Waals surface area contributed by atoms with Crippen LogP contribution in [0.3, 0.4) is 0 Å². The van der Waals surface area contributed by atoms with E-state index < -0.39 is 31.0 Å². The van der Waals surface area contributed by atoms with Crippen LogP contribution in [-0.4, -0.2) is 50.1 Å². The predicted molar refractivity (Wildman–Crippen MR) is 106 cm³/mol. The highest BCUT2D eigenvalue weighted by Gasteiger charge is 2.19. The normalized spacial score (nSPS) is 10.3. The minimum Gasteiger partial charge on any atom is -0.493 e. The number of methoxy groups -OCH3 is 1. The van der Waals surface area contributed by atoms with E-state index >= 15 is 0 Å². The second kappa shape index (κ2) is 10.4. The first-order valence-corrected chi connectivity index (χ1v) is 9.03. The molecule has 0 spiro atoms. The molecule has 0 fully saturated rings. The molecular formula is C20H20ClFN2O6. The summed E-state index contributed by atoms with van der Waals surface area (Å²) in [5.74, 6) is -2.20. The molecule has 0 atom stereocenters. The molecule has 0 saturated heterocycles. The van der Waals surface area contributed by atoms with Crippen LogP contribution in [0.5, 0.6) is 11.5 Å². The van der Waals surface area contributed by atoms with Crippen LogP contribution in [0.2, 0.25) is 5.02 Å². The number of hydrogen-bond acceptors (Lipinski definition) is 6. The van der Waals surface area contributed by atoms with E-state index in [0.717, 1.165) is 5.56 Å². The fourth-order valence-corrected chi connectivity index (χ4v) is 2.66. The average Bonchev–Trinajstić information content (AvgIpc) is 2.71. The van der Waals surface area contributed by atoms with Gasteiger partial charge in [-0.05, 0) is 29.8 Å². The number of nitrogens with zero attached hydrogens (tertiary/aromatic N) is 1. The number of likely N-dealkylation sites (N-methyl/N-ethyl adjacent to an activating group) is 1. The number of nitrogens with two attached hydrogens (primary N) is 1. The summed E-state index contributed by atoms with van der Waals surface area (Å²) in [6.45, 7) is -0.701. The highest BCUT2D eigenvalue weighted by atomic mass is 35.5. The van der Waals surface area contributed by atoms with Crippen molar-refractivity contribution in [2.45, 2.75) is 6.54 Å². The Hall–Kier alpha value is -3.33. The topological polar surface area (TPSA) is 108 Å². The fourth-order valence-electron chi connectivity index (χ4n) is 2.39. The second-order valence-electron chi connectivity index (χ2n) is 6.20. The maximum atomic E-state index is 13.0. The van der Waals surface area contributed by atoms with Crippen molar-refractivity contribution in [3.8, 4) is 11.5 Å². The van der Waals surface area contributed by atoms with Crippen molar-refractivity contribution in [1.29, 1.82) is 0 Å². The first-order chi connectivity index (χ1) is 14.2. The zero-order valence-electron chi connectivity index (χ0n) is 16.3. The molecule has 8 nitrogen and oxygen atoms in total. The summed E-state index contributed by atoms with van der Waals surface area (Å²) in [6, 6.07) is 8.26. The van der Waals surface area contributed by atoms with Crippen molar-refractivity contribution in [3.05, 3.63) is 58.4 Å². The van der Waals surface area contributed by atoms with Gasteiger partial charge in [0.25, 0.3) is 11.8 Å². The fraction of sp³-hybridized carbons (Fsp3) is 0.250. The summed E-state index contributed by atoms with van der Waals surface area (Å²) < 4.78 is 28.3. The highest BCUT2D eigenvalue weighted by Crippen LogP contribution is 2.36. The first kappa shape index (κ1) is 23.0. The maximum Gasteiger partial charge on any atom is 0.338 e. The Labute approximate surface area is 177 Å². The van der Waals surface area contributed by atoms with Crippen LogP contribution in [-0.2, 0) is 20.9 Å². The standard InChI is InChI=1S/C20H20ClFN2O6/c1-24(9-12-3-5-14(22)6-4-12)18(26)11-30-20(27)13-7-15(21)19(16(8-13)28-2)29-10-17(23)25/h3-8H,9-11H2,1-2H3,(H2,23,25). The Bertz CT molecular complexity index is 936. The lowest BCUT2D eigenvalue weighted by molar-refractivity contribution is -0.133. The number of esters is 1. The lowest BCUT2D eigenvalue weighted by Crippen LogP contribution is -2.30. The lowest BCUT2D eigenvalue weighted by Gasteiger charge is -2.17. The summed E-state index contributed by atoms with van der Waals surface area (Å²) in [5, 5.41) is 0.00213. The van der Waals surface area contributed by atoms with Crippen molar-refractivity contribution in [1.82, 2.24) is 4.90 Å². The first-order valence-electron chi connectivity index (χ1n) is 8.65. The van der Waals surface area contributed by atoms with Crippen molar-refractivity contribution in [2.75, 3.05) is 27.4 Å². The van der Waals surface area contributed by atoms with Gasteiger partial charge in [-0.25, -0.2) is 9.18 Å². The monoisotopic (exact) mass is 438 g/mol. The molecule has 2 aromatic rings. The second-order valence-corrected chi connectivity index (χ2v) is 6.60. The summed E-state index contributed by atoms with van der Waals surface area (Å²) >= 11 is 6.09. The van der Waals surface area contributed by atoms with Crippen molar-refractivity contribution >= 4 is 29.4 Å². The molecule has 0 aromatic heterocycles. The van der Waals surface area contributed by atoms with Gasteiger partial charge in [0, 0.05) is 13.6 Å². The zero-order chi connectivity index (χ0) is 22.3. The number of halogens is 2. The number of carbonyl (C=O) groups excluding carboxylic acids is 3. The van der Waals surface area contributed by atoms with Gasteiger partial charge >= 0.3 is 5.97 Å². The van der Waals surface area contributed by atoms with Crippen LogP contribution >= 0.6 is 11.6 Å². The molecular weight excluding hydrogens is 419 g/mol. The molecule has 0 aliphatic heterocycles. The van der Waals surface area contributed by atoms with Crippen LogP contribution in [0.15, 0.2) is 36.4 Å². The molecule has 0 bridgehead atoms. The third-order valence-electron chi connectivity index (χ3n) is 3.91. The minimum absolute atomic E-state index is 0.00213. The average molecular weight is 439 g/mol. The van der Waals surface area contributed by atoms with Crippen LogP contribution in [0.4, 0.5) is 4.39 Å². The Balaban J connectivity index is 1.99. The zero-order valence-corrected chi connectivity index (χ0v) is 17.1. The SMILES string of the molecule is COc1cc(C(=O)OCC(=O)N(C)Cc2ccc(F)cc2)cc(Cl)c1OCC(N)=O. The van der Waals surface area contributed by atoms with E-state index in [2.05, 4.69) is 0 Å². The largest absolute Gasteiger partial charge is 0.493 e. The van der Waals surface area contributed by atoms with Crippen molar-refractivity contribution in [2.24, 2.45) is 5.73 Å². The van der Waals surface area contributed by atoms with Gasteiger partial charge in [-0.2, -0.15) is 0 Å². The number of carbonyl (C=O) groups is 3. The van der Waals surface area contributed by atoms with Gasteiger partial charge in [0.1, 0.15) is 5.82 Å². The third kappa shape index (κ3) is 6.35. The molecule has 30 heavy (non-hydrogen) atoms. The van der Waals surface area contributed by atoms with E-state index in [1.165, 1.54) is 43.3 Å². The number of primary amides is 1. The van der Waals surface area contributed by atoms with Crippen molar-refractivity contribution < 1.29 is 33.0 Å². The van der Waals surface area contributed by atoms with Gasteiger partial charge in [-0.3, -0.25) is 9.59 Å². The molecule has 0 heterocycles.